The first-order valence-electron chi connectivity index (χ1n) is 7.06. The van der Waals surface area contributed by atoms with E-state index in [-0.39, 0.29) is 0 Å². The van der Waals surface area contributed by atoms with Gasteiger partial charge in [0, 0.05) is 24.2 Å². The molecule has 1 aliphatic rings. The van der Waals surface area contributed by atoms with Gasteiger partial charge in [-0.1, -0.05) is 12.1 Å². The van der Waals surface area contributed by atoms with E-state index < -0.39 is 0 Å². The summed E-state index contributed by atoms with van der Waals surface area (Å²) in [7, 11) is 0. The normalized spacial score (nSPS) is 14.3. The van der Waals surface area contributed by atoms with Gasteiger partial charge in [-0.05, 0) is 60.3 Å². The minimum absolute atomic E-state index is 0.558. The second-order valence-electron chi connectivity index (χ2n) is 5.26. The SMILES string of the molecule is CCN(c1cccc(C)c1)c1cc(Br)nc(C2CC2)n1. The maximum atomic E-state index is 4.76. The third kappa shape index (κ3) is 2.85. The number of hydrogen-bond donors (Lipinski definition) is 0. The second kappa shape index (κ2) is 5.52. The summed E-state index contributed by atoms with van der Waals surface area (Å²) in [5.74, 6) is 2.50. The molecule has 3 nitrogen and oxygen atoms in total. The third-order valence-corrected chi connectivity index (χ3v) is 3.95. The maximum absolute atomic E-state index is 4.76. The first-order valence-corrected chi connectivity index (χ1v) is 7.85. The number of nitrogens with zero attached hydrogens (tertiary/aromatic N) is 3. The van der Waals surface area contributed by atoms with E-state index in [0.29, 0.717) is 5.92 Å². The van der Waals surface area contributed by atoms with Crippen LogP contribution in [0, 0.1) is 6.92 Å². The highest BCUT2D eigenvalue weighted by Crippen LogP contribution is 2.39. The summed E-state index contributed by atoms with van der Waals surface area (Å²) in [6.07, 6.45) is 2.43. The fourth-order valence-electron chi connectivity index (χ4n) is 2.36. The topological polar surface area (TPSA) is 29.0 Å². The van der Waals surface area contributed by atoms with Gasteiger partial charge in [0.1, 0.15) is 16.2 Å². The van der Waals surface area contributed by atoms with Crippen molar-refractivity contribution in [3.05, 3.63) is 46.3 Å². The summed E-state index contributed by atoms with van der Waals surface area (Å²) in [5, 5.41) is 0. The van der Waals surface area contributed by atoms with Gasteiger partial charge in [0.2, 0.25) is 0 Å². The molecule has 4 heteroatoms. The summed E-state index contributed by atoms with van der Waals surface area (Å²) in [6, 6.07) is 10.5. The first-order chi connectivity index (χ1) is 9.67. The van der Waals surface area contributed by atoms with Crippen molar-refractivity contribution in [2.24, 2.45) is 0 Å². The number of aromatic nitrogens is 2. The summed E-state index contributed by atoms with van der Waals surface area (Å²) in [6.45, 7) is 5.15. The van der Waals surface area contributed by atoms with Crippen molar-refractivity contribution in [2.45, 2.75) is 32.6 Å². The van der Waals surface area contributed by atoms with Crippen LogP contribution < -0.4 is 4.90 Å². The van der Waals surface area contributed by atoms with Crippen LogP contribution in [-0.4, -0.2) is 16.5 Å². The number of rotatable bonds is 4. The smallest absolute Gasteiger partial charge is 0.137 e. The van der Waals surface area contributed by atoms with Gasteiger partial charge in [-0.3, -0.25) is 0 Å². The van der Waals surface area contributed by atoms with Gasteiger partial charge in [-0.15, -0.1) is 0 Å². The van der Waals surface area contributed by atoms with Gasteiger partial charge in [-0.2, -0.15) is 0 Å². The number of hydrogen-bond acceptors (Lipinski definition) is 3. The van der Waals surface area contributed by atoms with Crippen LogP contribution in [0.4, 0.5) is 11.5 Å². The quantitative estimate of drug-likeness (QED) is 0.767. The molecule has 1 aliphatic carbocycles. The Kier molecular flexibility index (Phi) is 3.74. The number of aryl methyl sites for hydroxylation is 1. The lowest BCUT2D eigenvalue weighted by atomic mass is 10.2. The van der Waals surface area contributed by atoms with Crippen molar-refractivity contribution in [1.82, 2.24) is 9.97 Å². The number of halogens is 1. The zero-order valence-electron chi connectivity index (χ0n) is 11.8. The maximum Gasteiger partial charge on any atom is 0.137 e. The van der Waals surface area contributed by atoms with Crippen molar-refractivity contribution in [2.75, 3.05) is 11.4 Å². The fourth-order valence-corrected chi connectivity index (χ4v) is 2.74. The molecule has 2 aromatic rings. The van der Waals surface area contributed by atoms with Crippen LogP contribution in [0.3, 0.4) is 0 Å². The molecule has 0 saturated heterocycles. The molecular weight excluding hydrogens is 314 g/mol. The number of benzene rings is 1. The monoisotopic (exact) mass is 331 g/mol. The molecule has 1 aromatic carbocycles. The molecule has 0 N–H and O–H groups in total. The van der Waals surface area contributed by atoms with E-state index in [4.69, 9.17) is 4.98 Å². The summed E-state index contributed by atoms with van der Waals surface area (Å²) in [5.41, 5.74) is 2.44. The van der Waals surface area contributed by atoms with Gasteiger partial charge in [-0.25, -0.2) is 9.97 Å². The lowest BCUT2D eigenvalue weighted by Gasteiger charge is -2.23. The summed E-state index contributed by atoms with van der Waals surface area (Å²) < 4.78 is 0.871. The van der Waals surface area contributed by atoms with Crippen molar-refractivity contribution in [1.29, 1.82) is 0 Å². The van der Waals surface area contributed by atoms with Crippen LogP contribution in [0.15, 0.2) is 34.9 Å². The lowest BCUT2D eigenvalue weighted by molar-refractivity contribution is 0.885. The van der Waals surface area contributed by atoms with Crippen molar-refractivity contribution in [3.8, 4) is 0 Å². The van der Waals surface area contributed by atoms with E-state index in [1.807, 2.05) is 6.07 Å². The van der Waals surface area contributed by atoms with Gasteiger partial charge < -0.3 is 4.90 Å². The van der Waals surface area contributed by atoms with Crippen LogP contribution >= 0.6 is 15.9 Å². The Morgan fingerprint density at radius 2 is 2.05 bits per heavy atom. The summed E-state index contributed by atoms with van der Waals surface area (Å²) >= 11 is 3.52. The highest BCUT2D eigenvalue weighted by atomic mass is 79.9. The predicted octanol–water partition coefficient (Wildman–Crippen LogP) is 4.58. The largest absolute Gasteiger partial charge is 0.327 e. The second-order valence-corrected chi connectivity index (χ2v) is 6.08. The molecule has 0 atom stereocenters. The Labute approximate surface area is 128 Å². The van der Waals surface area contributed by atoms with E-state index in [9.17, 15) is 0 Å². The molecule has 0 radical (unpaired) electrons. The van der Waals surface area contributed by atoms with E-state index in [2.05, 4.69) is 63.9 Å². The molecule has 3 rings (SSSR count). The Hall–Kier alpha value is -1.42. The minimum atomic E-state index is 0.558. The van der Waals surface area contributed by atoms with Gasteiger partial charge in [0.15, 0.2) is 0 Å². The van der Waals surface area contributed by atoms with Crippen LogP contribution in [-0.2, 0) is 0 Å². The van der Waals surface area contributed by atoms with E-state index >= 15 is 0 Å². The molecule has 1 aromatic heterocycles. The molecule has 0 spiro atoms. The van der Waals surface area contributed by atoms with Gasteiger partial charge >= 0.3 is 0 Å². The molecule has 1 fully saturated rings. The van der Waals surface area contributed by atoms with Gasteiger partial charge in [0.05, 0.1) is 0 Å². The van der Waals surface area contributed by atoms with E-state index in [0.717, 1.165) is 22.8 Å². The Bertz CT molecular complexity index is 623. The Morgan fingerprint density at radius 1 is 1.25 bits per heavy atom. The Balaban J connectivity index is 2.00. The highest BCUT2D eigenvalue weighted by Gasteiger charge is 2.27. The molecule has 0 aliphatic heterocycles. The molecule has 0 bridgehead atoms. The molecular formula is C16H18BrN3. The molecule has 1 saturated carbocycles. The summed E-state index contributed by atoms with van der Waals surface area (Å²) in [4.78, 5) is 11.5. The predicted molar refractivity (Wildman–Crippen MR) is 85.6 cm³/mol. The zero-order valence-corrected chi connectivity index (χ0v) is 13.4. The van der Waals surface area contributed by atoms with Crippen molar-refractivity contribution < 1.29 is 0 Å². The molecule has 1 heterocycles. The Morgan fingerprint density at radius 3 is 2.70 bits per heavy atom. The van der Waals surface area contributed by atoms with Crippen LogP contribution in [0.5, 0.6) is 0 Å². The molecule has 0 amide bonds. The first kappa shape index (κ1) is 13.6. The van der Waals surface area contributed by atoms with Crippen LogP contribution in [0.2, 0.25) is 0 Å². The lowest BCUT2D eigenvalue weighted by Crippen LogP contribution is -2.18. The average molecular weight is 332 g/mol. The van der Waals surface area contributed by atoms with Crippen molar-refractivity contribution in [3.63, 3.8) is 0 Å². The minimum Gasteiger partial charge on any atom is -0.327 e. The van der Waals surface area contributed by atoms with Crippen LogP contribution in [0.25, 0.3) is 0 Å². The molecule has 20 heavy (non-hydrogen) atoms. The van der Waals surface area contributed by atoms with Crippen molar-refractivity contribution >= 4 is 27.4 Å². The third-order valence-electron chi connectivity index (χ3n) is 3.55. The van der Waals surface area contributed by atoms with Crippen LogP contribution in [0.1, 0.15) is 37.1 Å². The zero-order chi connectivity index (χ0) is 14.1. The standard InChI is InChI=1S/C16H18BrN3/c1-3-20(13-6-4-5-11(2)9-13)15-10-14(17)18-16(19-15)12-7-8-12/h4-6,9-10,12H,3,7-8H2,1-2H3. The van der Waals surface area contributed by atoms with E-state index in [1.165, 1.54) is 24.1 Å². The molecule has 0 unspecified atom stereocenters. The van der Waals surface area contributed by atoms with E-state index in [1.54, 1.807) is 0 Å². The molecule has 104 valence electrons. The fraction of sp³-hybridized carbons (Fsp3) is 0.375. The highest BCUT2D eigenvalue weighted by molar-refractivity contribution is 9.10. The average Bonchev–Trinajstić information content (AvgIpc) is 3.23. The van der Waals surface area contributed by atoms with Gasteiger partial charge in [0.25, 0.3) is 0 Å². The number of anilines is 2.